The van der Waals surface area contributed by atoms with Gasteiger partial charge in [-0.15, -0.1) is 0 Å². The van der Waals surface area contributed by atoms with Crippen LogP contribution >= 0.6 is 7.82 Å². The van der Waals surface area contributed by atoms with Gasteiger partial charge in [-0.05, 0) is 4.53 Å². The maximum absolute atomic E-state index is 10.2. The van der Waals surface area contributed by atoms with E-state index in [4.69, 9.17) is 14.4 Å². The smallest absolute Gasteiger partial charge is 0 e. The molecule has 0 bridgehead atoms. The number of hydrogen-bond acceptors (Lipinski definition) is 2. The molecule has 0 amide bonds. The normalized spacial score (nSPS) is 8.88. The summed E-state index contributed by atoms with van der Waals surface area (Å²) in [6, 6.07) is 0. The van der Waals surface area contributed by atoms with E-state index >= 15 is 0 Å². The molecule has 0 radical (unpaired) electrons. The number of hydrogen-bond donors (Lipinski definition) is 2. The predicted octanol–water partition coefficient (Wildman–Crippen LogP) is -0.671. The average molecular weight is 172 g/mol. The molecule has 0 aliphatic carbocycles. The fraction of sp³-hybridized carbons (Fsp3) is 0. The minimum absolute atomic E-state index is 0. The Morgan fingerprint density at radius 2 is 1.62 bits per heavy atom. The molecule has 0 aromatic heterocycles. The van der Waals surface area contributed by atoms with Gasteiger partial charge in [-0.2, -0.15) is 0 Å². The monoisotopic (exact) mass is 172 g/mol. The first kappa shape index (κ1) is 16.2. The number of rotatable bonds is 1. The van der Waals surface area contributed by atoms with Crippen LogP contribution in [-0.2, 0) is 31.0 Å². The molecule has 0 heterocycles. The molecule has 4 nitrogen and oxygen atoms in total. The molecule has 8 heteroatoms. The van der Waals surface area contributed by atoms with Gasteiger partial charge >= 0.3 is 26.7 Å². The predicted molar refractivity (Wildman–Crippen MR) is 21.4 cm³/mol. The number of halogens is 1. The standard InChI is InChI=1S/FH2O4P.Li.Ti.H/c1-5-6(2,3)4;;;/h(H2,2,3,4);;;. The van der Waals surface area contributed by atoms with Crippen LogP contribution in [0.25, 0.3) is 0 Å². The summed E-state index contributed by atoms with van der Waals surface area (Å²) in [5.74, 6) is 0. The van der Waals surface area contributed by atoms with Crippen molar-refractivity contribution in [3.63, 3.8) is 0 Å². The second kappa shape index (κ2) is 6.47. The molecule has 0 rings (SSSR count). The largest absolute Gasteiger partial charge is 0 e. The van der Waals surface area contributed by atoms with Crippen LogP contribution in [0.15, 0.2) is 0 Å². The van der Waals surface area contributed by atoms with Gasteiger partial charge in [0.05, 0.1) is 0 Å². The molecule has 44 valence electrons. The molecule has 0 fully saturated rings. The van der Waals surface area contributed by atoms with E-state index in [1.807, 2.05) is 0 Å². The summed E-state index contributed by atoms with van der Waals surface area (Å²) in [6.07, 6.45) is 0. The molecule has 0 aliphatic heterocycles. The molecule has 2 N–H and O–H groups in total. The van der Waals surface area contributed by atoms with E-state index in [-0.39, 0.29) is 40.6 Å². The molecule has 0 unspecified atom stereocenters. The Morgan fingerprint density at radius 1 is 1.50 bits per heavy atom. The fourth-order valence-corrected chi connectivity index (χ4v) is 0. The molecule has 0 atom stereocenters. The Kier molecular flexibility index (Phi) is 13.1. The summed E-state index contributed by atoms with van der Waals surface area (Å²) < 4.78 is 21.4. The van der Waals surface area contributed by atoms with Crippen molar-refractivity contribution < 1.29 is 45.3 Å². The topological polar surface area (TPSA) is 66.8 Å². The zero-order chi connectivity index (χ0) is 5.21. The van der Waals surface area contributed by atoms with Crippen LogP contribution in [-0.4, -0.2) is 28.6 Å². The van der Waals surface area contributed by atoms with Gasteiger partial charge in [0.2, 0.25) is 0 Å². The third-order valence-electron chi connectivity index (χ3n) is 0.0899. The summed E-state index contributed by atoms with van der Waals surface area (Å²) in [4.78, 5) is 14.7. The van der Waals surface area contributed by atoms with Crippen LogP contribution in [0.4, 0.5) is 4.53 Å². The average Bonchev–Trinajstić information content (AvgIpc) is 1.35. The molecule has 8 heavy (non-hydrogen) atoms. The third kappa shape index (κ3) is 15.7. The summed E-state index contributed by atoms with van der Waals surface area (Å²) in [5.41, 5.74) is 0. The van der Waals surface area contributed by atoms with Gasteiger partial charge in [-0.1, -0.05) is 4.73 Å². The molecule has 0 aromatic rings. The van der Waals surface area contributed by atoms with E-state index in [9.17, 15) is 4.53 Å². The van der Waals surface area contributed by atoms with Crippen LogP contribution in [0.3, 0.4) is 0 Å². The van der Waals surface area contributed by atoms with E-state index in [0.717, 1.165) is 0 Å². The Bertz CT molecular complexity index is 80.1. The van der Waals surface area contributed by atoms with Gasteiger partial charge in [0.15, 0.2) is 0 Å². The Balaban J connectivity index is -0.000000125. The molecule has 0 aromatic carbocycles. The molecule has 0 saturated heterocycles. The summed E-state index contributed by atoms with van der Waals surface area (Å²) in [6.45, 7) is 0. The molecular formula is H3FLiO4PTi. The Morgan fingerprint density at radius 3 is 1.62 bits per heavy atom. The van der Waals surface area contributed by atoms with Crippen molar-refractivity contribution in [2.24, 2.45) is 0 Å². The third-order valence-corrected chi connectivity index (χ3v) is 0.270. The van der Waals surface area contributed by atoms with Gasteiger partial charge in [0, 0.05) is 21.7 Å². The van der Waals surface area contributed by atoms with Crippen LogP contribution in [0, 0.1) is 0 Å². The van der Waals surface area contributed by atoms with Crippen molar-refractivity contribution in [3.05, 3.63) is 0 Å². The minimum Gasteiger partial charge on any atom is 0 e. The molecule has 0 spiro atoms. The van der Waals surface area contributed by atoms with Crippen molar-refractivity contribution in [1.29, 1.82) is 0 Å². The second-order valence-electron chi connectivity index (χ2n) is 0.560. The summed E-state index contributed by atoms with van der Waals surface area (Å²) in [7, 11) is -4.81. The van der Waals surface area contributed by atoms with Gasteiger partial charge in [-0.25, -0.2) is 4.57 Å². The Hall–Kier alpha value is 1.35. The molecule has 0 saturated carbocycles. The van der Waals surface area contributed by atoms with Crippen molar-refractivity contribution >= 4 is 26.7 Å². The van der Waals surface area contributed by atoms with Crippen LogP contribution in [0.5, 0.6) is 0 Å². The zero-order valence-corrected chi connectivity index (χ0v) is 5.49. The fourth-order valence-electron chi connectivity index (χ4n) is 0. The van der Waals surface area contributed by atoms with Crippen molar-refractivity contribution in [3.8, 4) is 0 Å². The van der Waals surface area contributed by atoms with Crippen LogP contribution in [0.2, 0.25) is 0 Å². The quantitative estimate of drug-likeness (QED) is 0.406. The van der Waals surface area contributed by atoms with Crippen LogP contribution in [0.1, 0.15) is 0 Å². The Labute approximate surface area is 72.0 Å². The van der Waals surface area contributed by atoms with E-state index in [1.165, 1.54) is 0 Å². The van der Waals surface area contributed by atoms with E-state index in [0.29, 0.717) is 0 Å². The molecule has 0 aliphatic rings. The SMILES string of the molecule is O=P(O)(O)OF.[LiH].[Ti]. The number of phosphoric acid groups is 1. The van der Waals surface area contributed by atoms with Crippen molar-refractivity contribution in [2.75, 3.05) is 0 Å². The van der Waals surface area contributed by atoms with Crippen molar-refractivity contribution in [1.82, 2.24) is 0 Å². The van der Waals surface area contributed by atoms with Gasteiger partial charge in [0.1, 0.15) is 0 Å². The van der Waals surface area contributed by atoms with Gasteiger partial charge < -0.3 is 9.79 Å². The summed E-state index contributed by atoms with van der Waals surface area (Å²) in [5, 5.41) is 0. The second-order valence-corrected chi connectivity index (χ2v) is 1.68. The first-order chi connectivity index (χ1) is 2.56. The first-order valence-electron chi connectivity index (χ1n) is 0.919. The summed E-state index contributed by atoms with van der Waals surface area (Å²) >= 11 is 0. The van der Waals surface area contributed by atoms with E-state index < -0.39 is 7.82 Å². The minimum atomic E-state index is -4.81. The maximum atomic E-state index is 10.2. The maximum Gasteiger partial charge on any atom is 0 e. The van der Waals surface area contributed by atoms with Crippen molar-refractivity contribution in [2.45, 2.75) is 0 Å². The molecular weight excluding hydrogens is 169 g/mol. The van der Waals surface area contributed by atoms with Crippen LogP contribution < -0.4 is 0 Å². The van der Waals surface area contributed by atoms with Gasteiger partial charge in [-0.3, -0.25) is 0 Å². The van der Waals surface area contributed by atoms with E-state index in [1.54, 1.807) is 0 Å². The first-order valence-corrected chi connectivity index (χ1v) is 2.45. The zero-order valence-electron chi connectivity index (χ0n) is 3.04. The van der Waals surface area contributed by atoms with Gasteiger partial charge in [0.25, 0.3) is 0 Å². The van der Waals surface area contributed by atoms with E-state index in [2.05, 4.69) is 4.73 Å².